The van der Waals surface area contributed by atoms with Gasteiger partial charge in [0.05, 0.1) is 6.07 Å². The molecule has 0 aliphatic heterocycles. The van der Waals surface area contributed by atoms with Crippen molar-refractivity contribution in [2.45, 2.75) is 12.3 Å². The average molecular weight is 221 g/mol. The number of nitrogens with zero attached hydrogens (tertiary/aromatic N) is 4. The normalized spacial score (nSPS) is 11.2. The second kappa shape index (κ2) is 5.92. The van der Waals surface area contributed by atoms with Crippen molar-refractivity contribution in [3.05, 3.63) is 45.3 Å². The number of azide groups is 1. The van der Waals surface area contributed by atoms with Gasteiger partial charge in [-0.05, 0) is 23.2 Å². The Morgan fingerprint density at radius 3 is 2.67 bits per heavy atom. The van der Waals surface area contributed by atoms with Crippen LogP contribution >= 0.6 is 11.6 Å². The van der Waals surface area contributed by atoms with E-state index in [1.54, 1.807) is 12.1 Å². The highest BCUT2D eigenvalue weighted by atomic mass is 35.5. The molecular weight excluding hydrogens is 212 g/mol. The van der Waals surface area contributed by atoms with Crippen LogP contribution in [0.5, 0.6) is 0 Å². The standard InChI is InChI=1S/C10H9ClN4/c11-10-3-1-8(2-4-10)9(5-6-12)7-14-15-13/h1-4,9H,5,7H2/t9-/m0/s1. The predicted octanol–water partition coefficient (Wildman–Crippen LogP) is 3.65. The van der Waals surface area contributed by atoms with Crippen molar-refractivity contribution in [1.82, 2.24) is 0 Å². The average Bonchev–Trinajstić information content (AvgIpc) is 2.25. The van der Waals surface area contributed by atoms with Gasteiger partial charge in [0, 0.05) is 28.8 Å². The summed E-state index contributed by atoms with van der Waals surface area (Å²) in [6, 6.07) is 9.28. The molecule has 1 aromatic carbocycles. The number of halogens is 1. The molecule has 0 aliphatic carbocycles. The fraction of sp³-hybridized carbons (Fsp3) is 0.300. The maximum Gasteiger partial charge on any atom is 0.0628 e. The van der Waals surface area contributed by atoms with E-state index in [9.17, 15) is 0 Å². The fourth-order valence-electron chi connectivity index (χ4n) is 1.27. The molecule has 1 aromatic rings. The quantitative estimate of drug-likeness (QED) is 0.434. The lowest BCUT2D eigenvalue weighted by molar-refractivity contribution is 0.713. The summed E-state index contributed by atoms with van der Waals surface area (Å²) in [7, 11) is 0. The van der Waals surface area contributed by atoms with Gasteiger partial charge in [-0.1, -0.05) is 28.8 Å². The highest BCUT2D eigenvalue weighted by Gasteiger charge is 2.09. The lowest BCUT2D eigenvalue weighted by Crippen LogP contribution is -2.01. The summed E-state index contributed by atoms with van der Waals surface area (Å²) in [5.74, 6) is -0.0526. The number of hydrogen-bond acceptors (Lipinski definition) is 2. The van der Waals surface area contributed by atoms with E-state index in [4.69, 9.17) is 22.4 Å². The Bertz CT molecular complexity index is 400. The molecule has 0 saturated carbocycles. The summed E-state index contributed by atoms with van der Waals surface area (Å²) in [6.45, 7) is 0.297. The van der Waals surface area contributed by atoms with Gasteiger partial charge in [-0.2, -0.15) is 5.26 Å². The predicted molar refractivity (Wildman–Crippen MR) is 58.4 cm³/mol. The Morgan fingerprint density at radius 1 is 1.47 bits per heavy atom. The molecule has 4 nitrogen and oxygen atoms in total. The zero-order valence-electron chi connectivity index (χ0n) is 7.97. The van der Waals surface area contributed by atoms with Gasteiger partial charge in [0.1, 0.15) is 0 Å². The third kappa shape index (κ3) is 3.51. The van der Waals surface area contributed by atoms with Gasteiger partial charge in [0.2, 0.25) is 0 Å². The van der Waals surface area contributed by atoms with E-state index in [-0.39, 0.29) is 5.92 Å². The maximum atomic E-state index is 8.64. The zero-order chi connectivity index (χ0) is 11.1. The Hall–Kier alpha value is -1.69. The molecule has 0 heterocycles. The Labute approximate surface area is 92.7 Å². The summed E-state index contributed by atoms with van der Waals surface area (Å²) in [6.07, 6.45) is 0.334. The van der Waals surface area contributed by atoms with Crippen LogP contribution in [0.1, 0.15) is 17.9 Å². The Kier molecular flexibility index (Phi) is 4.49. The van der Waals surface area contributed by atoms with Crippen LogP contribution in [0.2, 0.25) is 5.02 Å². The van der Waals surface area contributed by atoms with E-state index in [0.29, 0.717) is 18.0 Å². The second-order valence-corrected chi connectivity index (χ2v) is 3.46. The molecule has 0 N–H and O–H groups in total. The fourth-order valence-corrected chi connectivity index (χ4v) is 1.39. The molecule has 0 radical (unpaired) electrons. The van der Waals surface area contributed by atoms with Crippen LogP contribution < -0.4 is 0 Å². The minimum absolute atomic E-state index is 0.0526. The van der Waals surface area contributed by atoms with E-state index in [2.05, 4.69) is 16.1 Å². The van der Waals surface area contributed by atoms with E-state index >= 15 is 0 Å². The Balaban J connectivity index is 2.83. The molecule has 15 heavy (non-hydrogen) atoms. The van der Waals surface area contributed by atoms with Crippen LogP contribution in [-0.4, -0.2) is 6.54 Å². The molecule has 0 amide bonds. The molecule has 0 aromatic heterocycles. The van der Waals surface area contributed by atoms with E-state index in [1.165, 1.54) is 0 Å². The van der Waals surface area contributed by atoms with Crippen LogP contribution in [0.15, 0.2) is 29.4 Å². The molecule has 76 valence electrons. The van der Waals surface area contributed by atoms with E-state index in [1.807, 2.05) is 12.1 Å². The number of nitriles is 1. The summed E-state index contributed by atoms with van der Waals surface area (Å²) in [5.41, 5.74) is 9.19. The van der Waals surface area contributed by atoms with Gasteiger partial charge in [-0.25, -0.2) is 0 Å². The van der Waals surface area contributed by atoms with Crippen LogP contribution in [0, 0.1) is 11.3 Å². The van der Waals surface area contributed by atoms with Gasteiger partial charge < -0.3 is 0 Å². The lowest BCUT2D eigenvalue weighted by Gasteiger charge is -2.10. The molecule has 0 spiro atoms. The van der Waals surface area contributed by atoms with E-state index < -0.39 is 0 Å². The molecule has 1 rings (SSSR count). The summed E-state index contributed by atoms with van der Waals surface area (Å²) in [4.78, 5) is 2.69. The molecule has 0 fully saturated rings. The van der Waals surface area contributed by atoms with Gasteiger partial charge in [0.25, 0.3) is 0 Å². The topological polar surface area (TPSA) is 72.5 Å². The van der Waals surface area contributed by atoms with Crippen molar-refractivity contribution in [1.29, 1.82) is 5.26 Å². The number of benzene rings is 1. The molecular formula is C10H9ClN4. The summed E-state index contributed by atoms with van der Waals surface area (Å²) >= 11 is 5.75. The van der Waals surface area contributed by atoms with E-state index in [0.717, 1.165) is 5.56 Å². The van der Waals surface area contributed by atoms with Gasteiger partial charge >= 0.3 is 0 Å². The monoisotopic (exact) mass is 220 g/mol. The van der Waals surface area contributed by atoms with Crippen molar-refractivity contribution >= 4 is 11.6 Å². The molecule has 0 bridgehead atoms. The van der Waals surface area contributed by atoms with Crippen LogP contribution in [0.3, 0.4) is 0 Å². The van der Waals surface area contributed by atoms with Crippen molar-refractivity contribution in [3.63, 3.8) is 0 Å². The first-order valence-corrected chi connectivity index (χ1v) is 4.79. The summed E-state index contributed by atoms with van der Waals surface area (Å²) in [5, 5.41) is 12.8. The molecule has 0 saturated heterocycles. The lowest BCUT2D eigenvalue weighted by atomic mass is 9.97. The zero-order valence-corrected chi connectivity index (χ0v) is 8.72. The molecule has 5 heteroatoms. The van der Waals surface area contributed by atoms with Crippen molar-refractivity contribution in [3.8, 4) is 6.07 Å². The second-order valence-electron chi connectivity index (χ2n) is 3.02. The number of hydrogen-bond donors (Lipinski definition) is 0. The highest BCUT2D eigenvalue weighted by molar-refractivity contribution is 6.30. The van der Waals surface area contributed by atoms with Gasteiger partial charge in [-0.3, -0.25) is 0 Å². The molecule has 0 unspecified atom stereocenters. The SMILES string of the molecule is N#CC[C@@H](CN=[N+]=[N-])c1ccc(Cl)cc1. The van der Waals surface area contributed by atoms with Crippen LogP contribution in [-0.2, 0) is 0 Å². The third-order valence-corrected chi connectivity index (χ3v) is 2.30. The maximum absolute atomic E-state index is 8.64. The number of rotatable bonds is 4. The highest BCUT2D eigenvalue weighted by Crippen LogP contribution is 2.21. The smallest absolute Gasteiger partial charge is 0.0628 e. The van der Waals surface area contributed by atoms with Crippen molar-refractivity contribution in [2.75, 3.05) is 6.54 Å². The van der Waals surface area contributed by atoms with Crippen LogP contribution in [0.25, 0.3) is 10.4 Å². The van der Waals surface area contributed by atoms with Crippen LogP contribution in [0.4, 0.5) is 0 Å². The first kappa shape index (κ1) is 11.4. The first-order valence-electron chi connectivity index (χ1n) is 4.41. The molecule has 1 atom stereocenters. The Morgan fingerprint density at radius 2 is 2.13 bits per heavy atom. The van der Waals surface area contributed by atoms with Crippen molar-refractivity contribution in [2.24, 2.45) is 5.11 Å². The third-order valence-electron chi connectivity index (χ3n) is 2.04. The van der Waals surface area contributed by atoms with Crippen molar-refractivity contribution < 1.29 is 0 Å². The molecule has 0 aliphatic rings. The minimum atomic E-state index is -0.0526. The van der Waals surface area contributed by atoms with Gasteiger partial charge in [0.15, 0.2) is 0 Å². The van der Waals surface area contributed by atoms with Gasteiger partial charge in [-0.15, -0.1) is 0 Å². The first-order chi connectivity index (χ1) is 7.27. The minimum Gasteiger partial charge on any atom is -0.198 e. The summed E-state index contributed by atoms with van der Waals surface area (Å²) < 4.78 is 0. The largest absolute Gasteiger partial charge is 0.198 e.